The molecule has 5 heteroatoms. The highest BCUT2D eigenvalue weighted by Crippen LogP contribution is 2.28. The van der Waals surface area contributed by atoms with Gasteiger partial charge in [-0.05, 0) is 80.5 Å². The van der Waals surface area contributed by atoms with Crippen LogP contribution < -0.4 is 5.30 Å². The van der Waals surface area contributed by atoms with Crippen LogP contribution in [0.1, 0.15) is 65.2 Å². The summed E-state index contributed by atoms with van der Waals surface area (Å²) in [5, 5.41) is -0.0207. The molecule has 0 amide bonds. The number of aryl methyl sites for hydroxylation is 6. The average molecular weight is 433 g/mol. The highest BCUT2D eigenvalue weighted by Gasteiger charge is 2.33. The van der Waals surface area contributed by atoms with Crippen molar-refractivity contribution in [1.82, 2.24) is 0 Å². The zero-order valence-corrected chi connectivity index (χ0v) is 19.6. The van der Waals surface area contributed by atoms with E-state index >= 15 is 0 Å². The maximum atomic E-state index is 13.7. The van der Waals surface area contributed by atoms with E-state index in [-0.39, 0.29) is 22.2 Å². The van der Waals surface area contributed by atoms with Gasteiger partial charge in [0.1, 0.15) is 0 Å². The largest absolute Gasteiger partial charge is 0.546 e. The van der Waals surface area contributed by atoms with Gasteiger partial charge in [-0.1, -0.05) is 41.5 Å². The zero-order chi connectivity index (χ0) is 23.0. The van der Waals surface area contributed by atoms with E-state index < -0.39 is 13.8 Å². The number of hydrogen-bond donors (Lipinski definition) is 1. The fourth-order valence-electron chi connectivity index (χ4n) is 4.46. The van der Waals surface area contributed by atoms with Gasteiger partial charge in [0.25, 0.3) is 0 Å². The first-order valence-electron chi connectivity index (χ1n) is 10.1. The van der Waals surface area contributed by atoms with E-state index in [2.05, 4.69) is 0 Å². The summed E-state index contributed by atoms with van der Waals surface area (Å²) in [5.74, 6) is -0.728. The molecule has 1 unspecified atom stereocenters. The predicted octanol–water partition coefficient (Wildman–Crippen LogP) is 5.36. The topological polar surface area (TPSA) is 71.4 Å². The Morgan fingerprint density at radius 1 is 0.677 bits per heavy atom. The summed E-state index contributed by atoms with van der Waals surface area (Å²) in [4.78, 5) is 37.3. The van der Waals surface area contributed by atoms with E-state index in [1.807, 2.05) is 65.8 Å². The fourth-order valence-corrected chi connectivity index (χ4v) is 5.09. The predicted molar refractivity (Wildman–Crippen MR) is 124 cm³/mol. The lowest BCUT2D eigenvalue weighted by atomic mass is 9.87. The Bertz CT molecular complexity index is 1210. The van der Waals surface area contributed by atoms with Crippen molar-refractivity contribution in [3.8, 4) is 0 Å². The van der Waals surface area contributed by atoms with E-state index in [9.17, 15) is 19.0 Å². The Morgan fingerprint density at radius 3 is 1.52 bits per heavy atom. The molecule has 0 aliphatic carbocycles. The van der Waals surface area contributed by atoms with Crippen LogP contribution >= 0.6 is 8.03 Å². The van der Waals surface area contributed by atoms with Crippen LogP contribution in [0.3, 0.4) is 0 Å². The highest BCUT2D eigenvalue weighted by molar-refractivity contribution is 7.47. The molecule has 0 aliphatic rings. The summed E-state index contributed by atoms with van der Waals surface area (Å²) >= 11 is 0. The van der Waals surface area contributed by atoms with Crippen LogP contribution in [-0.2, 0) is 4.57 Å². The van der Waals surface area contributed by atoms with Crippen molar-refractivity contribution in [1.29, 1.82) is 0 Å². The smallest absolute Gasteiger partial charge is 0.289 e. The van der Waals surface area contributed by atoms with Crippen molar-refractivity contribution in [3.63, 3.8) is 0 Å². The molecule has 0 fully saturated rings. The standard InChI is InChI=1S/C26H25O4P/c1-14-10-16(3)22(17(4)11-14)25(27)20-8-7-9-21(31(29)30)24(20)26(28)23-18(5)12-15(2)13-19(23)6/h7-13H,1-6H3/p+1. The minimum atomic E-state index is -2.82. The SMILES string of the molecule is Cc1cc(C)c(C(=O)c2cccc([P+](=O)O)c2C(=O)c2c(C)cc(C)cc2C)c(C)c1. The highest BCUT2D eigenvalue weighted by atomic mass is 31.1. The van der Waals surface area contributed by atoms with Crippen LogP contribution in [0.15, 0.2) is 42.5 Å². The molecule has 3 aromatic rings. The second-order valence-electron chi connectivity index (χ2n) is 8.18. The summed E-state index contributed by atoms with van der Waals surface area (Å²) in [6.07, 6.45) is 0. The van der Waals surface area contributed by atoms with Gasteiger partial charge in [0.2, 0.25) is 5.30 Å². The third-order valence-corrected chi connectivity index (χ3v) is 6.31. The molecule has 0 bridgehead atoms. The molecule has 0 spiro atoms. The Hall–Kier alpha value is -2.94. The van der Waals surface area contributed by atoms with Crippen LogP contribution in [0.4, 0.5) is 0 Å². The second-order valence-corrected chi connectivity index (χ2v) is 9.21. The van der Waals surface area contributed by atoms with Crippen LogP contribution in [0.25, 0.3) is 0 Å². The molecule has 0 radical (unpaired) electrons. The maximum absolute atomic E-state index is 13.7. The van der Waals surface area contributed by atoms with Gasteiger partial charge in [0.15, 0.2) is 11.6 Å². The molecule has 1 atom stereocenters. The number of ketones is 2. The van der Waals surface area contributed by atoms with E-state index in [0.29, 0.717) is 11.1 Å². The lowest BCUT2D eigenvalue weighted by molar-refractivity contribution is 0.100. The Labute approximate surface area is 183 Å². The zero-order valence-electron chi connectivity index (χ0n) is 18.7. The first-order chi connectivity index (χ1) is 14.5. The average Bonchev–Trinajstić information content (AvgIpc) is 2.65. The summed E-state index contributed by atoms with van der Waals surface area (Å²) in [5.41, 5.74) is 6.35. The Balaban J connectivity index is 2.31. The molecule has 0 saturated carbocycles. The van der Waals surface area contributed by atoms with Gasteiger partial charge in [-0.2, -0.15) is 4.89 Å². The minimum absolute atomic E-state index is 0.00513. The summed E-state index contributed by atoms with van der Waals surface area (Å²) in [6, 6.07) is 12.2. The molecular weight excluding hydrogens is 407 g/mol. The monoisotopic (exact) mass is 433 g/mol. The minimum Gasteiger partial charge on any atom is -0.289 e. The molecule has 3 aromatic carbocycles. The Kier molecular flexibility index (Phi) is 6.35. The van der Waals surface area contributed by atoms with E-state index in [1.165, 1.54) is 6.07 Å². The summed E-state index contributed by atoms with van der Waals surface area (Å²) < 4.78 is 12.2. The van der Waals surface area contributed by atoms with E-state index in [0.717, 1.165) is 33.4 Å². The van der Waals surface area contributed by atoms with Crippen molar-refractivity contribution in [2.24, 2.45) is 0 Å². The lowest BCUT2D eigenvalue weighted by Gasteiger charge is -2.15. The Morgan fingerprint density at radius 2 is 1.10 bits per heavy atom. The third kappa shape index (κ3) is 4.27. The number of rotatable bonds is 5. The van der Waals surface area contributed by atoms with Crippen molar-refractivity contribution >= 4 is 24.9 Å². The lowest BCUT2D eigenvalue weighted by Crippen LogP contribution is -2.22. The quantitative estimate of drug-likeness (QED) is 0.434. The van der Waals surface area contributed by atoms with Crippen molar-refractivity contribution in [2.45, 2.75) is 41.5 Å². The second kappa shape index (κ2) is 8.66. The maximum Gasteiger partial charge on any atom is 0.546 e. The van der Waals surface area contributed by atoms with Gasteiger partial charge < -0.3 is 0 Å². The van der Waals surface area contributed by atoms with E-state index in [4.69, 9.17) is 0 Å². The van der Waals surface area contributed by atoms with E-state index in [1.54, 1.807) is 12.1 Å². The molecule has 1 N–H and O–H groups in total. The molecule has 0 saturated heterocycles. The summed E-state index contributed by atoms with van der Waals surface area (Å²) in [7, 11) is -2.82. The van der Waals surface area contributed by atoms with Crippen LogP contribution in [0.2, 0.25) is 0 Å². The van der Waals surface area contributed by atoms with Gasteiger partial charge in [-0.3, -0.25) is 9.59 Å². The number of carbonyl (C=O) groups is 2. The van der Waals surface area contributed by atoms with Crippen LogP contribution in [-0.4, -0.2) is 16.5 Å². The molecule has 4 nitrogen and oxygen atoms in total. The first kappa shape index (κ1) is 22.7. The molecule has 158 valence electrons. The van der Waals surface area contributed by atoms with Gasteiger partial charge in [-0.25, -0.2) is 0 Å². The van der Waals surface area contributed by atoms with Crippen molar-refractivity contribution in [2.75, 3.05) is 0 Å². The van der Waals surface area contributed by atoms with Gasteiger partial charge in [0.05, 0.1) is 5.56 Å². The molecule has 3 rings (SSSR count). The van der Waals surface area contributed by atoms with Crippen LogP contribution in [0, 0.1) is 41.5 Å². The van der Waals surface area contributed by atoms with Gasteiger partial charge in [-0.15, -0.1) is 0 Å². The van der Waals surface area contributed by atoms with Gasteiger partial charge >= 0.3 is 8.03 Å². The fraction of sp³-hybridized carbons (Fsp3) is 0.231. The van der Waals surface area contributed by atoms with Gasteiger partial charge in [0, 0.05) is 16.7 Å². The third-order valence-electron chi connectivity index (χ3n) is 5.53. The van der Waals surface area contributed by atoms with Crippen molar-refractivity contribution in [3.05, 3.63) is 98.1 Å². The van der Waals surface area contributed by atoms with Crippen LogP contribution in [0.5, 0.6) is 0 Å². The molecule has 31 heavy (non-hydrogen) atoms. The molecular formula is C26H26O4P+. The normalized spacial score (nSPS) is 11.4. The molecule has 0 aromatic heterocycles. The summed E-state index contributed by atoms with van der Waals surface area (Å²) in [6.45, 7) is 11.3. The number of hydrogen-bond acceptors (Lipinski definition) is 3. The number of benzene rings is 3. The number of carbonyl (C=O) groups excluding carboxylic acids is 2. The first-order valence-corrected chi connectivity index (χ1v) is 11.3. The molecule has 0 aliphatic heterocycles. The van der Waals surface area contributed by atoms with Crippen molar-refractivity contribution < 1.29 is 19.0 Å². The molecule has 0 heterocycles.